The van der Waals surface area contributed by atoms with Crippen LogP contribution in [0.15, 0.2) is 121 Å². The molecule has 0 saturated carbocycles. The first-order chi connectivity index (χ1) is 21.6. The highest BCUT2D eigenvalue weighted by atomic mass is 16.5. The van der Waals surface area contributed by atoms with Crippen LogP contribution in [0.2, 0.25) is 0 Å². The fourth-order valence-electron chi connectivity index (χ4n) is 6.87. The van der Waals surface area contributed by atoms with Crippen molar-refractivity contribution in [3.8, 4) is 34.0 Å². The van der Waals surface area contributed by atoms with Gasteiger partial charge in [-0.05, 0) is 109 Å². The van der Waals surface area contributed by atoms with E-state index in [4.69, 9.17) is 9.47 Å². The van der Waals surface area contributed by atoms with Gasteiger partial charge in [-0.2, -0.15) is 0 Å². The molecular formula is C40H32N2O2. The third kappa shape index (κ3) is 3.91. The Balaban J connectivity index is 1.37. The third-order valence-corrected chi connectivity index (χ3v) is 8.99. The average Bonchev–Trinajstić information content (AvgIpc) is 3.57. The normalized spacial score (nSPS) is 11.6. The van der Waals surface area contributed by atoms with Crippen LogP contribution in [0.3, 0.4) is 0 Å². The lowest BCUT2D eigenvalue weighted by Gasteiger charge is -2.12. The van der Waals surface area contributed by atoms with Crippen LogP contribution >= 0.6 is 0 Å². The molecule has 0 radical (unpaired) electrons. The number of hydrogen-bond donors (Lipinski definition) is 0. The molecule has 0 bridgehead atoms. The van der Waals surface area contributed by atoms with E-state index in [2.05, 4.69) is 120 Å². The first-order valence-electron chi connectivity index (χ1n) is 14.9. The van der Waals surface area contributed by atoms with Gasteiger partial charge >= 0.3 is 0 Å². The molecule has 0 fully saturated rings. The van der Waals surface area contributed by atoms with E-state index in [0.29, 0.717) is 0 Å². The number of para-hydroxylation sites is 1. The van der Waals surface area contributed by atoms with Crippen LogP contribution < -0.4 is 9.47 Å². The molecule has 0 amide bonds. The monoisotopic (exact) mass is 572 g/mol. The van der Waals surface area contributed by atoms with Crippen molar-refractivity contribution < 1.29 is 9.47 Å². The summed E-state index contributed by atoms with van der Waals surface area (Å²) in [6.45, 7) is 4.42. The van der Waals surface area contributed by atoms with Crippen molar-refractivity contribution in [3.05, 3.63) is 132 Å². The van der Waals surface area contributed by atoms with Gasteiger partial charge in [0.1, 0.15) is 11.5 Å². The summed E-state index contributed by atoms with van der Waals surface area (Å²) in [6, 6.07) is 43.5. The first kappa shape index (κ1) is 26.2. The van der Waals surface area contributed by atoms with Gasteiger partial charge in [-0.15, -0.1) is 0 Å². The number of ether oxygens (including phenoxy) is 2. The molecule has 4 heteroatoms. The number of aromatic nitrogens is 2. The summed E-state index contributed by atoms with van der Waals surface area (Å²) in [5.41, 5.74) is 12.0. The van der Waals surface area contributed by atoms with E-state index in [1.165, 1.54) is 65.9 Å². The molecule has 44 heavy (non-hydrogen) atoms. The summed E-state index contributed by atoms with van der Waals surface area (Å²) >= 11 is 0. The van der Waals surface area contributed by atoms with E-state index in [1.54, 1.807) is 14.2 Å². The topological polar surface area (TPSA) is 28.3 Å². The van der Waals surface area contributed by atoms with Gasteiger partial charge in [0.15, 0.2) is 0 Å². The molecule has 6 aromatic carbocycles. The molecule has 4 nitrogen and oxygen atoms in total. The molecule has 0 atom stereocenters. The van der Waals surface area contributed by atoms with Crippen LogP contribution in [0, 0.1) is 13.8 Å². The van der Waals surface area contributed by atoms with Crippen LogP contribution in [0.1, 0.15) is 11.1 Å². The average molecular weight is 573 g/mol. The van der Waals surface area contributed by atoms with Crippen LogP contribution in [0.25, 0.3) is 66.1 Å². The fraction of sp³-hybridized carbons (Fsp3) is 0.100. The molecule has 0 spiro atoms. The van der Waals surface area contributed by atoms with E-state index in [-0.39, 0.29) is 0 Å². The van der Waals surface area contributed by atoms with Crippen molar-refractivity contribution in [1.82, 2.24) is 9.13 Å². The zero-order chi connectivity index (χ0) is 29.9. The number of methoxy groups -OCH3 is 2. The predicted octanol–water partition coefficient (Wildman–Crippen LogP) is 10.2. The number of aryl methyl sites for hydroxylation is 2. The second-order valence-corrected chi connectivity index (χ2v) is 11.5. The molecule has 0 aliphatic heterocycles. The van der Waals surface area contributed by atoms with Gasteiger partial charge in [-0.1, -0.05) is 48.0 Å². The Hall–Kier alpha value is -5.48. The van der Waals surface area contributed by atoms with E-state index >= 15 is 0 Å². The second-order valence-electron chi connectivity index (χ2n) is 11.5. The Labute approximate surface area is 256 Å². The lowest BCUT2D eigenvalue weighted by molar-refractivity contribution is 0.414. The minimum atomic E-state index is 0.851. The molecule has 2 aromatic heterocycles. The molecule has 2 heterocycles. The highest BCUT2D eigenvalue weighted by molar-refractivity contribution is 6.14. The summed E-state index contributed by atoms with van der Waals surface area (Å²) in [6.07, 6.45) is 0. The lowest BCUT2D eigenvalue weighted by atomic mass is 9.95. The Kier molecular flexibility index (Phi) is 5.98. The highest BCUT2D eigenvalue weighted by Gasteiger charge is 2.18. The van der Waals surface area contributed by atoms with Gasteiger partial charge in [0, 0.05) is 32.9 Å². The van der Waals surface area contributed by atoms with Crippen LogP contribution in [0.4, 0.5) is 0 Å². The lowest BCUT2D eigenvalue weighted by Crippen LogP contribution is -1.95. The van der Waals surface area contributed by atoms with Gasteiger partial charge in [0.25, 0.3) is 0 Å². The number of hydrogen-bond acceptors (Lipinski definition) is 2. The van der Waals surface area contributed by atoms with Gasteiger partial charge in [0.05, 0.1) is 36.3 Å². The van der Waals surface area contributed by atoms with Gasteiger partial charge < -0.3 is 18.6 Å². The highest BCUT2D eigenvalue weighted by Crippen LogP contribution is 2.40. The van der Waals surface area contributed by atoms with Crippen molar-refractivity contribution in [2.75, 3.05) is 14.2 Å². The van der Waals surface area contributed by atoms with Crippen molar-refractivity contribution in [1.29, 1.82) is 0 Å². The van der Waals surface area contributed by atoms with Crippen molar-refractivity contribution in [2.24, 2.45) is 0 Å². The Morgan fingerprint density at radius 3 is 1.77 bits per heavy atom. The van der Waals surface area contributed by atoms with E-state index in [0.717, 1.165) is 22.9 Å². The van der Waals surface area contributed by atoms with Gasteiger partial charge in [0.2, 0.25) is 0 Å². The number of benzene rings is 6. The maximum Gasteiger partial charge on any atom is 0.119 e. The van der Waals surface area contributed by atoms with Gasteiger partial charge in [-0.25, -0.2) is 0 Å². The number of nitrogens with zero attached hydrogens (tertiary/aromatic N) is 2. The minimum absolute atomic E-state index is 0.851. The van der Waals surface area contributed by atoms with Crippen LogP contribution in [-0.4, -0.2) is 23.4 Å². The summed E-state index contributed by atoms with van der Waals surface area (Å²) in [7, 11) is 3.41. The molecule has 214 valence electrons. The van der Waals surface area contributed by atoms with Crippen molar-refractivity contribution >= 4 is 43.6 Å². The molecule has 0 aliphatic carbocycles. The summed E-state index contributed by atoms with van der Waals surface area (Å²) < 4.78 is 15.6. The minimum Gasteiger partial charge on any atom is -0.497 e. The Bertz CT molecular complexity index is 2360. The summed E-state index contributed by atoms with van der Waals surface area (Å²) in [5.74, 6) is 1.70. The second kappa shape index (κ2) is 10.1. The fourth-order valence-corrected chi connectivity index (χ4v) is 6.87. The standard InChI is InChI=1S/C40H32N2O2/c1-25-9-21-37-35(23-25)33-19-10-27(24-39(33)42(37)29-13-17-31(44-4)18-14-29)32-20-22-38-40(26(32)2)34-7-5-6-8-36(34)41(38)28-11-15-30(43-3)16-12-28/h5-24H,1-4H3. The maximum atomic E-state index is 5.46. The zero-order valence-electron chi connectivity index (χ0n) is 25.3. The molecule has 0 unspecified atom stereocenters. The molecule has 8 aromatic rings. The molecule has 0 saturated heterocycles. The van der Waals surface area contributed by atoms with Crippen LogP contribution in [-0.2, 0) is 0 Å². The maximum absolute atomic E-state index is 5.46. The van der Waals surface area contributed by atoms with E-state index < -0.39 is 0 Å². The molecule has 0 aliphatic rings. The quantitative estimate of drug-likeness (QED) is 0.205. The molecule has 8 rings (SSSR count). The molecule has 0 N–H and O–H groups in total. The molecular weight excluding hydrogens is 540 g/mol. The number of fused-ring (bicyclic) bond motifs is 6. The van der Waals surface area contributed by atoms with Crippen LogP contribution in [0.5, 0.6) is 11.5 Å². The predicted molar refractivity (Wildman–Crippen MR) is 183 cm³/mol. The van der Waals surface area contributed by atoms with Crippen molar-refractivity contribution in [3.63, 3.8) is 0 Å². The SMILES string of the molecule is COc1ccc(-n2c3ccc(C)cc3c3ccc(-c4ccc5c(c4C)c4ccccc4n5-c4ccc(OC)cc4)cc32)cc1. The Morgan fingerprint density at radius 1 is 0.477 bits per heavy atom. The zero-order valence-corrected chi connectivity index (χ0v) is 25.3. The van der Waals surface area contributed by atoms with Gasteiger partial charge in [-0.3, -0.25) is 0 Å². The smallest absolute Gasteiger partial charge is 0.119 e. The number of rotatable bonds is 5. The third-order valence-electron chi connectivity index (χ3n) is 8.99. The Morgan fingerprint density at radius 2 is 1.09 bits per heavy atom. The van der Waals surface area contributed by atoms with E-state index in [9.17, 15) is 0 Å². The summed E-state index contributed by atoms with van der Waals surface area (Å²) in [5, 5.41) is 5.04. The summed E-state index contributed by atoms with van der Waals surface area (Å²) in [4.78, 5) is 0. The van der Waals surface area contributed by atoms with E-state index in [1.807, 2.05) is 24.3 Å². The van der Waals surface area contributed by atoms with Crippen molar-refractivity contribution in [2.45, 2.75) is 13.8 Å². The first-order valence-corrected chi connectivity index (χ1v) is 14.9. The largest absolute Gasteiger partial charge is 0.497 e.